The Balaban J connectivity index is 1.63. The maximum atomic E-state index is 5.69. The van der Waals surface area contributed by atoms with Gasteiger partial charge in [-0.2, -0.15) is 5.10 Å². The maximum Gasteiger partial charge on any atom is 0.139 e. The first-order chi connectivity index (χ1) is 12.6. The topological polar surface area (TPSA) is 67.8 Å². The summed E-state index contributed by atoms with van der Waals surface area (Å²) in [7, 11) is 1.91. The highest BCUT2D eigenvalue weighted by Gasteiger charge is 2.10. The lowest BCUT2D eigenvalue weighted by Gasteiger charge is -2.11. The highest BCUT2D eigenvalue weighted by molar-refractivity contribution is 5.95. The summed E-state index contributed by atoms with van der Waals surface area (Å²) in [4.78, 5) is 7.93. The van der Waals surface area contributed by atoms with Crippen LogP contribution in [0.4, 0.5) is 11.5 Å². The maximum absolute atomic E-state index is 5.69. The second kappa shape index (κ2) is 6.55. The highest BCUT2D eigenvalue weighted by Crippen LogP contribution is 2.29. The molecule has 0 fully saturated rings. The Morgan fingerprint density at radius 1 is 1.15 bits per heavy atom. The lowest BCUT2D eigenvalue weighted by Crippen LogP contribution is -2.05. The Labute approximate surface area is 151 Å². The first-order valence-electron chi connectivity index (χ1n) is 8.59. The van der Waals surface area contributed by atoms with E-state index in [4.69, 9.17) is 4.74 Å². The van der Waals surface area contributed by atoms with E-state index in [1.807, 2.05) is 63.6 Å². The molecule has 0 aliphatic heterocycles. The Morgan fingerprint density at radius 2 is 1.96 bits per heavy atom. The number of pyridine rings is 1. The molecular weight excluding hydrogens is 326 g/mol. The minimum atomic E-state index is 0.162. The number of hydrogen-bond acceptors (Lipinski definition) is 4. The molecule has 2 N–H and O–H groups in total. The van der Waals surface area contributed by atoms with Crippen molar-refractivity contribution in [2.45, 2.75) is 20.0 Å². The van der Waals surface area contributed by atoms with Gasteiger partial charge in [0.1, 0.15) is 11.6 Å². The van der Waals surface area contributed by atoms with E-state index < -0.39 is 0 Å². The fraction of sp³-hybridized carbons (Fsp3) is 0.200. The molecule has 0 atom stereocenters. The molecule has 0 amide bonds. The average Bonchev–Trinajstić information content (AvgIpc) is 3.23. The first-order valence-corrected chi connectivity index (χ1v) is 8.59. The predicted octanol–water partition coefficient (Wildman–Crippen LogP) is 4.49. The number of fused-ring (bicyclic) bond motifs is 1. The van der Waals surface area contributed by atoms with Crippen molar-refractivity contribution in [2.24, 2.45) is 7.05 Å². The van der Waals surface area contributed by atoms with Crippen molar-refractivity contribution in [3.8, 4) is 17.0 Å². The van der Waals surface area contributed by atoms with Crippen LogP contribution in [0.3, 0.4) is 0 Å². The van der Waals surface area contributed by atoms with Crippen molar-refractivity contribution in [1.29, 1.82) is 0 Å². The molecule has 0 unspecified atom stereocenters. The third-order valence-electron chi connectivity index (χ3n) is 4.05. The zero-order valence-corrected chi connectivity index (χ0v) is 15.0. The summed E-state index contributed by atoms with van der Waals surface area (Å²) in [6, 6.07) is 12.0. The minimum Gasteiger partial charge on any atom is -0.491 e. The summed E-state index contributed by atoms with van der Waals surface area (Å²) in [6.45, 7) is 4.03. The first kappa shape index (κ1) is 16.2. The van der Waals surface area contributed by atoms with Crippen LogP contribution in [0, 0.1) is 0 Å². The van der Waals surface area contributed by atoms with Gasteiger partial charge >= 0.3 is 0 Å². The number of H-pyrrole nitrogens is 1. The van der Waals surface area contributed by atoms with Gasteiger partial charge in [-0.05, 0) is 50.2 Å². The summed E-state index contributed by atoms with van der Waals surface area (Å²) < 4.78 is 7.48. The van der Waals surface area contributed by atoms with Crippen molar-refractivity contribution in [1.82, 2.24) is 19.7 Å². The number of hydrogen-bond donors (Lipinski definition) is 2. The van der Waals surface area contributed by atoms with E-state index in [1.54, 1.807) is 10.9 Å². The van der Waals surface area contributed by atoms with Crippen LogP contribution in [0.5, 0.6) is 5.75 Å². The van der Waals surface area contributed by atoms with E-state index in [0.717, 1.165) is 39.4 Å². The smallest absolute Gasteiger partial charge is 0.139 e. The zero-order valence-electron chi connectivity index (χ0n) is 15.0. The second-order valence-electron chi connectivity index (χ2n) is 6.52. The molecule has 0 aliphatic rings. The molecule has 3 heterocycles. The molecule has 0 saturated carbocycles. The number of rotatable bonds is 5. The quantitative estimate of drug-likeness (QED) is 0.558. The summed E-state index contributed by atoms with van der Waals surface area (Å²) in [5, 5.41) is 8.66. The number of benzene rings is 1. The van der Waals surface area contributed by atoms with Crippen molar-refractivity contribution in [2.75, 3.05) is 5.32 Å². The molecule has 0 spiro atoms. The molecule has 4 aromatic rings. The number of anilines is 2. The van der Waals surface area contributed by atoms with E-state index >= 15 is 0 Å². The zero-order chi connectivity index (χ0) is 18.1. The van der Waals surface area contributed by atoms with Gasteiger partial charge in [0.2, 0.25) is 0 Å². The van der Waals surface area contributed by atoms with Crippen LogP contribution in [0.15, 0.2) is 55.0 Å². The summed E-state index contributed by atoms with van der Waals surface area (Å²) >= 11 is 0. The molecule has 0 aliphatic carbocycles. The van der Waals surface area contributed by atoms with Gasteiger partial charge < -0.3 is 15.0 Å². The van der Waals surface area contributed by atoms with Crippen LogP contribution in [-0.4, -0.2) is 25.9 Å². The van der Waals surface area contributed by atoms with Crippen LogP contribution in [-0.2, 0) is 7.05 Å². The number of ether oxygens (including phenoxy) is 1. The van der Waals surface area contributed by atoms with Gasteiger partial charge in [0.05, 0.1) is 17.8 Å². The molecular formula is C20H21N5O. The number of nitrogens with one attached hydrogen (secondary N) is 2. The van der Waals surface area contributed by atoms with Crippen molar-refractivity contribution < 1.29 is 4.74 Å². The SMILES string of the molecule is CC(C)Oc1ccc(Nc2nccc3[nH]c(-c4cnn(C)c4)cc23)cc1. The summed E-state index contributed by atoms with van der Waals surface area (Å²) in [5.74, 6) is 1.67. The highest BCUT2D eigenvalue weighted by atomic mass is 16.5. The normalized spacial score (nSPS) is 11.2. The minimum absolute atomic E-state index is 0.162. The average molecular weight is 347 g/mol. The van der Waals surface area contributed by atoms with Crippen molar-refractivity contribution in [3.05, 3.63) is 55.0 Å². The van der Waals surface area contributed by atoms with Gasteiger partial charge in [-0.25, -0.2) is 4.98 Å². The van der Waals surface area contributed by atoms with Gasteiger partial charge in [-0.3, -0.25) is 4.68 Å². The lowest BCUT2D eigenvalue weighted by molar-refractivity contribution is 0.242. The Morgan fingerprint density at radius 3 is 2.65 bits per heavy atom. The van der Waals surface area contributed by atoms with E-state index in [-0.39, 0.29) is 6.10 Å². The molecule has 1 aromatic carbocycles. The Kier molecular flexibility index (Phi) is 4.08. The third-order valence-corrected chi connectivity index (χ3v) is 4.05. The molecule has 26 heavy (non-hydrogen) atoms. The monoisotopic (exact) mass is 347 g/mol. The van der Waals surface area contributed by atoms with Crippen molar-refractivity contribution in [3.63, 3.8) is 0 Å². The van der Waals surface area contributed by atoms with Crippen LogP contribution in [0.2, 0.25) is 0 Å². The standard InChI is InChI=1S/C20H21N5O/c1-13(2)26-16-6-4-15(5-7-16)23-20-17-10-19(14-11-22-25(3)12-14)24-18(17)8-9-21-20/h4-13,24H,1-3H3,(H,21,23). The molecule has 0 bridgehead atoms. The summed E-state index contributed by atoms with van der Waals surface area (Å²) in [6.07, 6.45) is 5.79. The van der Waals surface area contributed by atoms with Gasteiger partial charge in [0, 0.05) is 41.8 Å². The van der Waals surface area contributed by atoms with Crippen LogP contribution < -0.4 is 10.1 Å². The van der Waals surface area contributed by atoms with Gasteiger partial charge in [-0.15, -0.1) is 0 Å². The second-order valence-corrected chi connectivity index (χ2v) is 6.52. The van der Waals surface area contributed by atoms with Gasteiger partial charge in [0.25, 0.3) is 0 Å². The number of aryl methyl sites for hydroxylation is 1. The summed E-state index contributed by atoms with van der Waals surface area (Å²) in [5.41, 5.74) is 4.06. The fourth-order valence-electron chi connectivity index (χ4n) is 2.89. The largest absolute Gasteiger partial charge is 0.491 e. The predicted molar refractivity (Wildman–Crippen MR) is 104 cm³/mol. The molecule has 6 heteroatoms. The Hall–Kier alpha value is -3.28. The molecule has 0 saturated heterocycles. The molecule has 0 radical (unpaired) electrons. The number of nitrogens with zero attached hydrogens (tertiary/aromatic N) is 3. The van der Waals surface area contributed by atoms with Crippen LogP contribution in [0.25, 0.3) is 22.2 Å². The fourth-order valence-corrected chi connectivity index (χ4v) is 2.89. The Bertz CT molecular complexity index is 1030. The van der Waals surface area contributed by atoms with E-state index in [0.29, 0.717) is 0 Å². The number of aromatic amines is 1. The molecule has 4 rings (SSSR count). The van der Waals surface area contributed by atoms with Gasteiger partial charge in [-0.1, -0.05) is 0 Å². The lowest BCUT2D eigenvalue weighted by atomic mass is 10.2. The molecule has 6 nitrogen and oxygen atoms in total. The van der Waals surface area contributed by atoms with E-state index in [2.05, 4.69) is 26.4 Å². The molecule has 3 aromatic heterocycles. The van der Waals surface area contributed by atoms with E-state index in [9.17, 15) is 0 Å². The van der Waals surface area contributed by atoms with Gasteiger partial charge in [0.15, 0.2) is 0 Å². The third kappa shape index (κ3) is 3.26. The molecule has 132 valence electrons. The van der Waals surface area contributed by atoms with Crippen molar-refractivity contribution >= 4 is 22.4 Å². The van der Waals surface area contributed by atoms with Crippen LogP contribution >= 0.6 is 0 Å². The number of aromatic nitrogens is 4. The van der Waals surface area contributed by atoms with E-state index in [1.165, 1.54) is 0 Å². The van der Waals surface area contributed by atoms with Crippen LogP contribution in [0.1, 0.15) is 13.8 Å².